The maximum absolute atomic E-state index is 12.3. The van der Waals surface area contributed by atoms with Crippen LogP contribution in [-0.2, 0) is 11.3 Å². The standard InChI is InChI=1S/C15H17N5O3/c1-23-9-12(16)13-8-17-18-20(13)7-6-19-14(21)10-4-2-3-5-11(10)15(19)22/h2-5,8,12H,6-7,9,16H2,1H3. The number of nitrogens with zero attached hydrogens (tertiary/aromatic N) is 4. The summed E-state index contributed by atoms with van der Waals surface area (Å²) in [7, 11) is 1.56. The predicted octanol–water partition coefficient (Wildman–Crippen LogP) is 0.221. The van der Waals surface area contributed by atoms with Crippen LogP contribution in [0.1, 0.15) is 32.5 Å². The fourth-order valence-corrected chi connectivity index (χ4v) is 2.63. The van der Waals surface area contributed by atoms with Gasteiger partial charge in [-0.3, -0.25) is 14.5 Å². The first kappa shape index (κ1) is 15.3. The number of carbonyl (C=O) groups excluding carboxylic acids is 2. The van der Waals surface area contributed by atoms with Crippen molar-refractivity contribution in [3.8, 4) is 0 Å². The maximum atomic E-state index is 12.3. The van der Waals surface area contributed by atoms with Crippen LogP contribution in [0.15, 0.2) is 30.5 Å². The molecule has 1 aromatic heterocycles. The van der Waals surface area contributed by atoms with Gasteiger partial charge in [-0.2, -0.15) is 0 Å². The van der Waals surface area contributed by atoms with Crippen molar-refractivity contribution in [3.63, 3.8) is 0 Å². The third-order valence-electron chi connectivity index (χ3n) is 3.79. The molecule has 3 rings (SSSR count). The highest BCUT2D eigenvalue weighted by atomic mass is 16.5. The Morgan fingerprint density at radius 2 is 1.83 bits per heavy atom. The topological polar surface area (TPSA) is 103 Å². The van der Waals surface area contributed by atoms with E-state index in [0.29, 0.717) is 30.0 Å². The number of methoxy groups -OCH3 is 1. The third kappa shape index (κ3) is 2.73. The number of imide groups is 1. The summed E-state index contributed by atoms with van der Waals surface area (Å²) in [4.78, 5) is 25.8. The first-order valence-electron chi connectivity index (χ1n) is 7.21. The van der Waals surface area contributed by atoms with Gasteiger partial charge in [-0.05, 0) is 12.1 Å². The summed E-state index contributed by atoms with van der Waals surface area (Å²) in [6, 6.07) is 6.44. The number of fused-ring (bicyclic) bond motifs is 1. The molecule has 1 aliphatic rings. The quantitative estimate of drug-likeness (QED) is 0.765. The van der Waals surface area contributed by atoms with E-state index in [1.54, 1.807) is 42.3 Å². The van der Waals surface area contributed by atoms with Crippen LogP contribution in [0.2, 0.25) is 0 Å². The van der Waals surface area contributed by atoms with Gasteiger partial charge in [0.05, 0.1) is 42.2 Å². The first-order chi connectivity index (χ1) is 11.1. The van der Waals surface area contributed by atoms with Crippen molar-refractivity contribution in [1.82, 2.24) is 19.9 Å². The number of amides is 2. The van der Waals surface area contributed by atoms with E-state index in [9.17, 15) is 9.59 Å². The molecule has 1 aromatic carbocycles. The fraction of sp³-hybridized carbons (Fsp3) is 0.333. The summed E-state index contributed by atoms with van der Waals surface area (Å²) in [5.74, 6) is -0.568. The zero-order valence-corrected chi connectivity index (χ0v) is 12.7. The van der Waals surface area contributed by atoms with Gasteiger partial charge in [0.15, 0.2) is 0 Å². The van der Waals surface area contributed by atoms with E-state index in [1.807, 2.05) is 0 Å². The summed E-state index contributed by atoms with van der Waals surface area (Å²) in [6.45, 7) is 0.876. The van der Waals surface area contributed by atoms with Crippen LogP contribution in [0.3, 0.4) is 0 Å². The molecule has 0 bridgehead atoms. The molecule has 2 aromatic rings. The Morgan fingerprint density at radius 1 is 1.17 bits per heavy atom. The molecule has 1 unspecified atom stereocenters. The van der Waals surface area contributed by atoms with Crippen molar-refractivity contribution in [3.05, 3.63) is 47.3 Å². The molecule has 120 valence electrons. The van der Waals surface area contributed by atoms with Crippen LogP contribution in [0.4, 0.5) is 0 Å². The molecule has 0 aliphatic carbocycles. The van der Waals surface area contributed by atoms with Gasteiger partial charge in [0.2, 0.25) is 0 Å². The molecule has 8 heteroatoms. The van der Waals surface area contributed by atoms with Gasteiger partial charge in [-0.25, -0.2) is 4.68 Å². The van der Waals surface area contributed by atoms with Gasteiger partial charge >= 0.3 is 0 Å². The minimum Gasteiger partial charge on any atom is -0.383 e. The van der Waals surface area contributed by atoms with Crippen molar-refractivity contribution >= 4 is 11.8 Å². The Bertz CT molecular complexity index is 707. The smallest absolute Gasteiger partial charge is 0.261 e. The lowest BCUT2D eigenvalue weighted by molar-refractivity contribution is 0.0646. The van der Waals surface area contributed by atoms with Crippen LogP contribution >= 0.6 is 0 Å². The highest BCUT2D eigenvalue weighted by Crippen LogP contribution is 2.22. The summed E-state index contributed by atoms with van der Waals surface area (Å²) in [6.07, 6.45) is 1.56. The number of aromatic nitrogens is 3. The number of nitrogens with two attached hydrogens (primary N) is 1. The lowest BCUT2D eigenvalue weighted by Crippen LogP contribution is -2.34. The SMILES string of the molecule is COCC(N)c1cnnn1CCN1C(=O)c2ccccc2C1=O. The first-order valence-corrected chi connectivity index (χ1v) is 7.21. The molecule has 2 amide bonds. The third-order valence-corrected chi connectivity index (χ3v) is 3.79. The lowest BCUT2D eigenvalue weighted by Gasteiger charge is -2.16. The molecular weight excluding hydrogens is 298 g/mol. The molecule has 2 N–H and O–H groups in total. The molecule has 2 heterocycles. The highest BCUT2D eigenvalue weighted by Gasteiger charge is 2.34. The highest BCUT2D eigenvalue weighted by molar-refractivity contribution is 6.21. The van der Waals surface area contributed by atoms with Gasteiger partial charge in [-0.1, -0.05) is 17.3 Å². The molecule has 0 saturated heterocycles. The summed E-state index contributed by atoms with van der Waals surface area (Å²) < 4.78 is 6.61. The molecule has 8 nitrogen and oxygen atoms in total. The van der Waals surface area contributed by atoms with E-state index in [0.717, 1.165) is 0 Å². The molecular formula is C15H17N5O3. The largest absolute Gasteiger partial charge is 0.383 e. The summed E-state index contributed by atoms with van der Waals surface area (Å²) >= 11 is 0. The van der Waals surface area contributed by atoms with Crippen molar-refractivity contribution in [2.45, 2.75) is 12.6 Å². The Kier molecular flexibility index (Phi) is 4.18. The van der Waals surface area contributed by atoms with E-state index >= 15 is 0 Å². The van der Waals surface area contributed by atoms with Crippen LogP contribution in [0.25, 0.3) is 0 Å². The number of carbonyl (C=O) groups is 2. The second-order valence-corrected chi connectivity index (χ2v) is 5.25. The Balaban J connectivity index is 1.72. The zero-order chi connectivity index (χ0) is 16.4. The Labute approximate surface area is 132 Å². The van der Waals surface area contributed by atoms with Gasteiger partial charge in [0.1, 0.15) is 0 Å². The minimum absolute atomic E-state index is 0.211. The molecule has 0 radical (unpaired) electrons. The van der Waals surface area contributed by atoms with Crippen molar-refractivity contribution < 1.29 is 14.3 Å². The number of benzene rings is 1. The average molecular weight is 315 g/mol. The molecule has 0 spiro atoms. The zero-order valence-electron chi connectivity index (χ0n) is 12.7. The number of ether oxygens (including phenoxy) is 1. The molecule has 1 aliphatic heterocycles. The molecule has 23 heavy (non-hydrogen) atoms. The van der Waals surface area contributed by atoms with E-state index in [2.05, 4.69) is 10.3 Å². The van der Waals surface area contributed by atoms with E-state index < -0.39 is 0 Å². The molecule has 1 atom stereocenters. The van der Waals surface area contributed by atoms with E-state index in [4.69, 9.17) is 10.5 Å². The number of hydrogen-bond acceptors (Lipinski definition) is 6. The van der Waals surface area contributed by atoms with E-state index in [1.165, 1.54) is 4.90 Å². The van der Waals surface area contributed by atoms with Crippen molar-refractivity contribution in [1.29, 1.82) is 0 Å². The summed E-state index contributed by atoms with van der Waals surface area (Å²) in [5.41, 5.74) is 7.56. The fourth-order valence-electron chi connectivity index (χ4n) is 2.63. The monoisotopic (exact) mass is 315 g/mol. The van der Waals surface area contributed by atoms with E-state index in [-0.39, 0.29) is 24.4 Å². The molecule has 0 saturated carbocycles. The minimum atomic E-state index is -0.364. The van der Waals surface area contributed by atoms with Gasteiger partial charge in [-0.15, -0.1) is 5.10 Å². The lowest BCUT2D eigenvalue weighted by atomic mass is 10.1. The van der Waals surface area contributed by atoms with Gasteiger partial charge < -0.3 is 10.5 Å². The van der Waals surface area contributed by atoms with Crippen LogP contribution in [-0.4, -0.2) is 52.0 Å². The summed E-state index contributed by atoms with van der Waals surface area (Å²) in [5, 5.41) is 7.80. The average Bonchev–Trinajstić information content (AvgIpc) is 3.11. The van der Waals surface area contributed by atoms with Crippen LogP contribution in [0.5, 0.6) is 0 Å². The number of rotatable bonds is 6. The second-order valence-electron chi connectivity index (χ2n) is 5.25. The predicted molar refractivity (Wildman–Crippen MR) is 80.6 cm³/mol. The van der Waals surface area contributed by atoms with Crippen molar-refractivity contribution in [2.24, 2.45) is 5.73 Å². The normalized spacial score (nSPS) is 15.1. The van der Waals surface area contributed by atoms with Crippen LogP contribution < -0.4 is 5.73 Å². The second kappa shape index (κ2) is 6.27. The Morgan fingerprint density at radius 3 is 2.43 bits per heavy atom. The molecule has 0 fully saturated rings. The van der Waals surface area contributed by atoms with Gasteiger partial charge in [0.25, 0.3) is 11.8 Å². The Hall–Kier alpha value is -2.58. The van der Waals surface area contributed by atoms with Crippen molar-refractivity contribution in [2.75, 3.05) is 20.3 Å². The number of hydrogen-bond donors (Lipinski definition) is 1. The van der Waals surface area contributed by atoms with Crippen LogP contribution in [0, 0.1) is 0 Å². The maximum Gasteiger partial charge on any atom is 0.261 e. The van der Waals surface area contributed by atoms with Gasteiger partial charge in [0, 0.05) is 13.7 Å².